The number of Topliss-reactive ketones (excluding diaryl/α,β-unsaturated/α-hetero) is 2. The third kappa shape index (κ3) is 4.04. The molecule has 1 aliphatic carbocycles. The van der Waals surface area contributed by atoms with Gasteiger partial charge in [-0.15, -0.1) is 0 Å². The summed E-state index contributed by atoms with van der Waals surface area (Å²) in [6.45, 7) is 0. The van der Waals surface area contributed by atoms with Crippen molar-refractivity contribution in [3.8, 4) is 0 Å². The zero-order chi connectivity index (χ0) is 27.4. The highest BCUT2D eigenvalue weighted by atomic mass is 35.5. The first-order valence-corrected chi connectivity index (χ1v) is 12.8. The van der Waals surface area contributed by atoms with Crippen LogP contribution >= 0.6 is 11.6 Å². The summed E-state index contributed by atoms with van der Waals surface area (Å²) in [6, 6.07) is 9.05. The average Bonchev–Trinajstić information content (AvgIpc) is 3.41. The van der Waals surface area contributed by atoms with E-state index in [1.807, 2.05) is 18.2 Å². The highest BCUT2D eigenvalue weighted by molar-refractivity contribution is 6.36. The second kappa shape index (κ2) is 9.32. The highest BCUT2D eigenvalue weighted by Crippen LogP contribution is 2.38. The van der Waals surface area contributed by atoms with Crippen LogP contribution in [0.5, 0.6) is 0 Å². The number of amides is 4. The van der Waals surface area contributed by atoms with Crippen LogP contribution in [0.4, 0.5) is 5.69 Å². The number of imide groups is 2. The molecule has 3 N–H and O–H groups in total. The van der Waals surface area contributed by atoms with Crippen LogP contribution in [0.15, 0.2) is 54.4 Å². The van der Waals surface area contributed by atoms with Crippen molar-refractivity contribution in [1.82, 2.24) is 15.2 Å². The van der Waals surface area contributed by atoms with E-state index in [0.717, 1.165) is 21.4 Å². The first-order valence-electron chi connectivity index (χ1n) is 12.4. The number of hydrogen-bond donors (Lipinski definition) is 3. The van der Waals surface area contributed by atoms with Crippen LogP contribution in [0.3, 0.4) is 0 Å². The Morgan fingerprint density at radius 1 is 0.949 bits per heavy atom. The number of hydrogen-bond acceptors (Lipinski definition) is 7. The third-order valence-corrected chi connectivity index (χ3v) is 7.73. The Morgan fingerprint density at radius 3 is 2.44 bits per heavy atom. The summed E-state index contributed by atoms with van der Waals surface area (Å²) in [5.41, 5.74) is 1.96. The minimum absolute atomic E-state index is 0.0109. The summed E-state index contributed by atoms with van der Waals surface area (Å²) < 4.78 is 0. The Kier molecular flexibility index (Phi) is 5.91. The van der Waals surface area contributed by atoms with Gasteiger partial charge in [0.2, 0.25) is 11.8 Å². The van der Waals surface area contributed by atoms with Gasteiger partial charge in [-0.3, -0.25) is 39.0 Å². The van der Waals surface area contributed by atoms with Gasteiger partial charge in [-0.1, -0.05) is 29.8 Å². The molecule has 2 aliphatic heterocycles. The number of piperidine rings is 1. The van der Waals surface area contributed by atoms with E-state index in [1.54, 1.807) is 18.3 Å². The lowest BCUT2D eigenvalue weighted by Gasteiger charge is -2.27. The highest BCUT2D eigenvalue weighted by Gasteiger charge is 2.45. The smallest absolute Gasteiger partial charge is 0.264 e. The quantitative estimate of drug-likeness (QED) is 0.260. The molecule has 11 heteroatoms. The van der Waals surface area contributed by atoms with Crippen LogP contribution in [-0.2, 0) is 19.2 Å². The molecule has 1 saturated heterocycles. The van der Waals surface area contributed by atoms with Crippen molar-refractivity contribution < 1.29 is 28.8 Å². The van der Waals surface area contributed by atoms with Crippen molar-refractivity contribution in [3.05, 3.63) is 76.1 Å². The van der Waals surface area contributed by atoms with Gasteiger partial charge in [-0.05, 0) is 36.1 Å². The van der Waals surface area contributed by atoms with Gasteiger partial charge in [0, 0.05) is 42.6 Å². The molecule has 196 valence electrons. The maximum Gasteiger partial charge on any atom is 0.264 e. The number of anilines is 1. The molecule has 6 rings (SSSR count). The Bertz CT molecular complexity index is 1650. The number of nitrogens with one attached hydrogen (secondary N) is 3. The number of ketones is 2. The van der Waals surface area contributed by atoms with Crippen LogP contribution < -0.4 is 10.6 Å². The molecule has 2 aromatic carbocycles. The van der Waals surface area contributed by atoms with Gasteiger partial charge in [0.05, 0.1) is 27.4 Å². The van der Waals surface area contributed by atoms with E-state index < -0.39 is 29.7 Å². The first-order chi connectivity index (χ1) is 18.7. The molecule has 3 aliphatic rings. The number of H-pyrrole nitrogens is 1. The minimum atomic E-state index is -1.10. The number of nitrogens with zero attached hydrogens (tertiary/aromatic N) is 1. The van der Waals surface area contributed by atoms with Gasteiger partial charge in [0.1, 0.15) is 6.04 Å². The summed E-state index contributed by atoms with van der Waals surface area (Å²) in [6.07, 6.45) is 3.20. The molecule has 10 nitrogen and oxygen atoms in total. The van der Waals surface area contributed by atoms with Gasteiger partial charge in [0.15, 0.2) is 11.6 Å². The lowest BCUT2D eigenvalue weighted by atomic mass is 9.79. The number of allylic oxidation sites excluding steroid dienone is 1. The van der Waals surface area contributed by atoms with Gasteiger partial charge in [-0.25, -0.2) is 0 Å². The summed E-state index contributed by atoms with van der Waals surface area (Å²) in [5.74, 6) is -3.54. The molecular formula is C28H21ClN4O6. The van der Waals surface area contributed by atoms with Crippen molar-refractivity contribution in [1.29, 1.82) is 0 Å². The number of aromatic amines is 1. The number of benzene rings is 2. The summed E-state index contributed by atoms with van der Waals surface area (Å²) in [5, 5.41) is 6.34. The van der Waals surface area contributed by atoms with E-state index in [0.29, 0.717) is 5.02 Å². The van der Waals surface area contributed by atoms with Crippen molar-refractivity contribution >= 4 is 63.4 Å². The van der Waals surface area contributed by atoms with Crippen LogP contribution in [0.1, 0.15) is 57.9 Å². The molecule has 4 amide bonds. The first kappa shape index (κ1) is 24.7. The molecule has 2 fully saturated rings. The van der Waals surface area contributed by atoms with Crippen molar-refractivity contribution in [2.75, 3.05) is 5.32 Å². The lowest BCUT2D eigenvalue weighted by molar-refractivity contribution is -0.136. The predicted molar refractivity (Wildman–Crippen MR) is 140 cm³/mol. The van der Waals surface area contributed by atoms with Crippen molar-refractivity contribution in [3.63, 3.8) is 0 Å². The van der Waals surface area contributed by atoms with E-state index in [1.165, 1.54) is 12.3 Å². The fourth-order valence-electron chi connectivity index (χ4n) is 5.57. The molecule has 3 heterocycles. The topological polar surface area (TPSA) is 146 Å². The lowest BCUT2D eigenvalue weighted by Crippen LogP contribution is -2.54. The number of carbonyl (C=O) groups is 6. The number of rotatable bonds is 4. The van der Waals surface area contributed by atoms with Crippen LogP contribution in [0, 0.1) is 0 Å². The summed E-state index contributed by atoms with van der Waals surface area (Å²) in [4.78, 5) is 80.3. The maximum atomic E-state index is 13.3. The number of aromatic nitrogens is 1. The van der Waals surface area contributed by atoms with Gasteiger partial charge >= 0.3 is 0 Å². The Morgan fingerprint density at radius 2 is 1.69 bits per heavy atom. The fraction of sp³-hybridized carbons (Fsp3) is 0.214. The third-order valence-electron chi connectivity index (χ3n) is 7.43. The monoisotopic (exact) mass is 544 g/mol. The van der Waals surface area contributed by atoms with Crippen LogP contribution in [-0.4, -0.2) is 51.1 Å². The summed E-state index contributed by atoms with van der Waals surface area (Å²) >= 11 is 6.34. The molecule has 1 saturated carbocycles. The van der Waals surface area contributed by atoms with Gasteiger partial charge in [0.25, 0.3) is 11.8 Å². The molecule has 1 aromatic heterocycles. The molecular weight excluding hydrogens is 524 g/mol. The molecule has 1 unspecified atom stereocenters. The zero-order valence-electron chi connectivity index (χ0n) is 20.4. The predicted octanol–water partition coefficient (Wildman–Crippen LogP) is 3.23. The standard InChI is InChI=1S/C28H21ClN4O6/c29-17-12-31-18-5-1-3-14(24(17)18)13-9-21(34)16(22(35)10-13)11-30-19-6-2-4-15-25(19)28(39)33(27(15)38)20-7-8-23(36)32-26(20)37/h1-6,11-13,20,30-31H,7-10H2,(H,32,36,37). The normalized spacial score (nSPS) is 21.5. The zero-order valence-corrected chi connectivity index (χ0v) is 21.1. The Labute approximate surface area is 226 Å². The molecule has 0 radical (unpaired) electrons. The van der Waals surface area contributed by atoms with Crippen LogP contribution in [0.2, 0.25) is 5.02 Å². The molecule has 3 aromatic rings. The Balaban J connectivity index is 1.24. The maximum absolute atomic E-state index is 13.3. The Hall–Kier alpha value is -4.57. The van der Waals surface area contributed by atoms with E-state index in [9.17, 15) is 28.8 Å². The SMILES string of the molecule is O=C1CCC(N2C(=O)c3cccc(NC=C4C(=O)CC(c5cccc6[nH]cc(Cl)c56)CC4=O)c3C2=O)C(=O)N1. The number of fused-ring (bicyclic) bond motifs is 2. The average molecular weight is 545 g/mol. The van der Waals surface area contributed by atoms with Crippen LogP contribution in [0.25, 0.3) is 10.9 Å². The van der Waals surface area contributed by atoms with E-state index in [4.69, 9.17) is 11.6 Å². The fourth-order valence-corrected chi connectivity index (χ4v) is 5.84. The molecule has 39 heavy (non-hydrogen) atoms. The molecule has 0 bridgehead atoms. The number of halogens is 1. The molecule has 0 spiro atoms. The van der Waals surface area contributed by atoms with Crippen molar-refractivity contribution in [2.45, 2.75) is 37.6 Å². The largest absolute Gasteiger partial charge is 0.360 e. The van der Waals surface area contributed by atoms with E-state index in [-0.39, 0.29) is 65.6 Å². The minimum Gasteiger partial charge on any atom is -0.360 e. The molecule has 1 atom stereocenters. The van der Waals surface area contributed by atoms with Gasteiger partial charge in [-0.2, -0.15) is 0 Å². The van der Waals surface area contributed by atoms with Gasteiger partial charge < -0.3 is 10.3 Å². The van der Waals surface area contributed by atoms with E-state index >= 15 is 0 Å². The summed E-state index contributed by atoms with van der Waals surface area (Å²) in [7, 11) is 0. The number of carbonyl (C=O) groups excluding carboxylic acids is 6. The van der Waals surface area contributed by atoms with Crippen molar-refractivity contribution in [2.24, 2.45) is 0 Å². The second-order valence-electron chi connectivity index (χ2n) is 9.74. The van der Waals surface area contributed by atoms with E-state index in [2.05, 4.69) is 15.6 Å². The second-order valence-corrected chi connectivity index (χ2v) is 10.1.